The third-order valence-corrected chi connectivity index (χ3v) is 5.07. The largest absolute Gasteiger partial charge is 0.496 e. The van der Waals surface area contributed by atoms with Crippen LogP contribution in [0, 0.1) is 18.8 Å². The number of nitrogens with two attached hydrogens (primary N) is 1. The number of hydrogen-bond donors (Lipinski definition) is 2. The first-order valence-electron chi connectivity index (χ1n) is 8.09. The molecule has 0 radical (unpaired) electrons. The Morgan fingerprint density at radius 1 is 1.29 bits per heavy atom. The molecule has 0 heterocycles. The third-order valence-electron chi connectivity index (χ3n) is 5.07. The fourth-order valence-corrected chi connectivity index (χ4v) is 3.50. The van der Waals surface area contributed by atoms with Crippen LogP contribution >= 0.6 is 0 Å². The van der Waals surface area contributed by atoms with Crippen LogP contribution in [0.4, 0.5) is 0 Å². The molecule has 2 unspecified atom stereocenters. The predicted octanol–water partition coefficient (Wildman–Crippen LogP) is 3.23. The number of ether oxygens (including phenoxy) is 1. The molecular weight excluding hydrogens is 262 g/mol. The summed E-state index contributed by atoms with van der Waals surface area (Å²) in [6.07, 6.45) is 4.31. The molecule has 1 aromatic rings. The quantitative estimate of drug-likeness (QED) is 0.875. The lowest BCUT2D eigenvalue weighted by molar-refractivity contribution is 0.0548. The van der Waals surface area contributed by atoms with Gasteiger partial charge in [0.2, 0.25) is 0 Å². The molecule has 3 nitrogen and oxygen atoms in total. The van der Waals surface area contributed by atoms with Gasteiger partial charge in [-0.15, -0.1) is 0 Å². The van der Waals surface area contributed by atoms with Gasteiger partial charge in [0, 0.05) is 12.5 Å². The summed E-state index contributed by atoms with van der Waals surface area (Å²) in [6, 6.07) is 6.15. The van der Waals surface area contributed by atoms with Crippen LogP contribution in [0.15, 0.2) is 18.2 Å². The van der Waals surface area contributed by atoms with E-state index in [-0.39, 0.29) is 12.0 Å². The Hall–Kier alpha value is -1.06. The van der Waals surface area contributed by atoms with Crippen LogP contribution in [-0.4, -0.2) is 24.9 Å². The van der Waals surface area contributed by atoms with Crippen molar-refractivity contribution in [3.05, 3.63) is 29.3 Å². The van der Waals surface area contributed by atoms with Crippen molar-refractivity contribution in [1.29, 1.82) is 0 Å². The van der Waals surface area contributed by atoms with Crippen molar-refractivity contribution in [2.45, 2.75) is 51.6 Å². The molecular formula is C18H29NO2. The number of hydrogen-bond acceptors (Lipinski definition) is 3. The number of methoxy groups -OCH3 is 1. The van der Waals surface area contributed by atoms with Gasteiger partial charge in [0.05, 0.1) is 13.2 Å². The highest BCUT2D eigenvalue weighted by molar-refractivity contribution is 5.38. The van der Waals surface area contributed by atoms with Crippen LogP contribution in [0.1, 0.15) is 49.7 Å². The number of rotatable bonds is 5. The topological polar surface area (TPSA) is 55.5 Å². The molecule has 0 saturated heterocycles. The predicted molar refractivity (Wildman–Crippen MR) is 86.7 cm³/mol. The molecule has 1 aromatic carbocycles. The van der Waals surface area contributed by atoms with Gasteiger partial charge >= 0.3 is 0 Å². The summed E-state index contributed by atoms with van der Waals surface area (Å²) in [5.74, 6) is 2.04. The van der Waals surface area contributed by atoms with Gasteiger partial charge in [0.25, 0.3) is 0 Å². The Labute approximate surface area is 128 Å². The van der Waals surface area contributed by atoms with Crippen molar-refractivity contribution in [3.8, 4) is 5.75 Å². The monoisotopic (exact) mass is 291 g/mol. The molecule has 1 aliphatic carbocycles. The van der Waals surface area contributed by atoms with Crippen molar-refractivity contribution in [3.63, 3.8) is 0 Å². The Morgan fingerprint density at radius 2 is 1.95 bits per heavy atom. The van der Waals surface area contributed by atoms with E-state index in [4.69, 9.17) is 10.5 Å². The first-order chi connectivity index (χ1) is 10.1. The maximum absolute atomic E-state index is 10.8. The maximum Gasteiger partial charge on any atom is 0.122 e. The molecule has 0 aliphatic heterocycles. The van der Waals surface area contributed by atoms with Gasteiger partial charge < -0.3 is 15.6 Å². The Balaban J connectivity index is 2.14. The van der Waals surface area contributed by atoms with E-state index < -0.39 is 0 Å². The molecule has 0 bridgehead atoms. The van der Waals surface area contributed by atoms with Gasteiger partial charge in [0.1, 0.15) is 5.75 Å². The van der Waals surface area contributed by atoms with Crippen molar-refractivity contribution in [2.75, 3.05) is 13.7 Å². The number of benzene rings is 1. The molecule has 2 atom stereocenters. The SMILES string of the molecule is COc1cc(C(CN)C(O)C2CCC(C)CC2)ccc1C. The first kappa shape index (κ1) is 16.3. The van der Waals surface area contributed by atoms with Gasteiger partial charge in [-0.3, -0.25) is 0 Å². The molecule has 1 saturated carbocycles. The molecule has 1 aliphatic rings. The summed E-state index contributed by atoms with van der Waals surface area (Å²) >= 11 is 0. The summed E-state index contributed by atoms with van der Waals surface area (Å²) in [7, 11) is 1.68. The molecule has 0 amide bonds. The van der Waals surface area contributed by atoms with E-state index >= 15 is 0 Å². The van der Waals surface area contributed by atoms with Crippen molar-refractivity contribution in [2.24, 2.45) is 17.6 Å². The zero-order chi connectivity index (χ0) is 15.4. The average molecular weight is 291 g/mol. The van der Waals surface area contributed by atoms with Crippen LogP contribution in [0.2, 0.25) is 0 Å². The average Bonchev–Trinajstić information content (AvgIpc) is 2.50. The highest BCUT2D eigenvalue weighted by Crippen LogP contribution is 2.36. The third kappa shape index (κ3) is 3.78. The summed E-state index contributed by atoms with van der Waals surface area (Å²) in [4.78, 5) is 0. The molecule has 1 fully saturated rings. The van der Waals surface area contributed by atoms with Crippen LogP contribution in [0.3, 0.4) is 0 Å². The second-order valence-electron chi connectivity index (χ2n) is 6.58. The Morgan fingerprint density at radius 3 is 2.52 bits per heavy atom. The summed E-state index contributed by atoms with van der Waals surface area (Å²) in [5.41, 5.74) is 8.17. The van der Waals surface area contributed by atoms with Crippen molar-refractivity contribution < 1.29 is 9.84 Å². The van der Waals surface area contributed by atoms with E-state index in [2.05, 4.69) is 13.0 Å². The normalized spacial score (nSPS) is 25.4. The molecule has 118 valence electrons. The molecule has 3 heteroatoms. The second kappa shape index (κ2) is 7.28. The fraction of sp³-hybridized carbons (Fsp3) is 0.667. The molecule has 3 N–H and O–H groups in total. The Bertz CT molecular complexity index is 453. The minimum absolute atomic E-state index is 0.00194. The van der Waals surface area contributed by atoms with E-state index in [9.17, 15) is 5.11 Å². The molecule has 0 aromatic heterocycles. The van der Waals surface area contributed by atoms with Gasteiger partial charge in [0.15, 0.2) is 0 Å². The van der Waals surface area contributed by atoms with Crippen molar-refractivity contribution in [1.82, 2.24) is 0 Å². The first-order valence-corrected chi connectivity index (χ1v) is 8.09. The van der Waals surface area contributed by atoms with E-state index in [0.29, 0.717) is 12.5 Å². The minimum Gasteiger partial charge on any atom is -0.496 e. The van der Waals surface area contributed by atoms with E-state index in [0.717, 1.165) is 35.6 Å². The molecule has 2 rings (SSSR count). The van der Waals surface area contributed by atoms with E-state index in [1.807, 2.05) is 19.1 Å². The number of aryl methyl sites for hydroxylation is 1. The zero-order valence-electron chi connectivity index (χ0n) is 13.5. The molecule has 21 heavy (non-hydrogen) atoms. The van der Waals surface area contributed by atoms with Crippen LogP contribution in [0.25, 0.3) is 0 Å². The van der Waals surface area contributed by atoms with Gasteiger partial charge in [-0.05, 0) is 48.8 Å². The smallest absolute Gasteiger partial charge is 0.122 e. The molecule has 0 spiro atoms. The van der Waals surface area contributed by atoms with E-state index in [1.165, 1.54) is 12.8 Å². The lowest BCUT2D eigenvalue weighted by Crippen LogP contribution is -2.34. The summed E-state index contributed by atoms with van der Waals surface area (Å²) in [6.45, 7) is 4.80. The number of aliphatic hydroxyl groups excluding tert-OH is 1. The summed E-state index contributed by atoms with van der Waals surface area (Å²) < 4.78 is 5.40. The summed E-state index contributed by atoms with van der Waals surface area (Å²) in [5, 5.41) is 10.8. The zero-order valence-corrected chi connectivity index (χ0v) is 13.5. The van der Waals surface area contributed by atoms with E-state index in [1.54, 1.807) is 7.11 Å². The van der Waals surface area contributed by atoms with Crippen LogP contribution < -0.4 is 10.5 Å². The van der Waals surface area contributed by atoms with Gasteiger partial charge in [-0.2, -0.15) is 0 Å². The standard InChI is InChI=1S/C18H29NO2/c1-12-4-7-14(8-5-12)18(20)16(11-19)15-9-6-13(2)17(10-15)21-3/h6,9-10,12,14,16,18,20H,4-5,7-8,11,19H2,1-3H3. The van der Waals surface area contributed by atoms with Crippen LogP contribution in [0.5, 0.6) is 5.75 Å². The second-order valence-corrected chi connectivity index (χ2v) is 6.58. The lowest BCUT2D eigenvalue weighted by Gasteiger charge is -2.34. The lowest BCUT2D eigenvalue weighted by atomic mass is 9.75. The minimum atomic E-state index is -0.352. The maximum atomic E-state index is 10.8. The van der Waals surface area contributed by atoms with Gasteiger partial charge in [-0.25, -0.2) is 0 Å². The fourth-order valence-electron chi connectivity index (χ4n) is 3.50. The van der Waals surface area contributed by atoms with Crippen LogP contribution in [-0.2, 0) is 0 Å². The highest BCUT2D eigenvalue weighted by Gasteiger charge is 2.30. The number of aliphatic hydroxyl groups is 1. The van der Waals surface area contributed by atoms with Crippen molar-refractivity contribution >= 4 is 0 Å². The Kier molecular flexibility index (Phi) is 5.65. The highest BCUT2D eigenvalue weighted by atomic mass is 16.5. The van der Waals surface area contributed by atoms with Gasteiger partial charge in [-0.1, -0.05) is 31.9 Å².